The maximum Gasteiger partial charge on any atom is 0.324 e. The van der Waals surface area contributed by atoms with Crippen molar-refractivity contribution in [1.82, 2.24) is 4.90 Å². The number of para-hydroxylation sites is 1. The number of carbonyl (C=O) groups is 1. The van der Waals surface area contributed by atoms with Gasteiger partial charge >= 0.3 is 5.85 Å². The molecule has 1 aromatic carbocycles. The number of halogens is 1. The number of benzene rings is 1. The molecule has 1 aromatic rings. The van der Waals surface area contributed by atoms with E-state index in [0.717, 1.165) is 6.92 Å². The van der Waals surface area contributed by atoms with Crippen molar-refractivity contribution in [3.05, 3.63) is 30.3 Å². The van der Waals surface area contributed by atoms with Crippen LogP contribution in [0.3, 0.4) is 0 Å². The molecule has 4 nitrogen and oxygen atoms in total. The van der Waals surface area contributed by atoms with Crippen LogP contribution in [0, 0.1) is 0 Å². The van der Waals surface area contributed by atoms with E-state index in [2.05, 4.69) is 0 Å². The minimum absolute atomic E-state index is 0.337. The lowest BCUT2D eigenvalue weighted by atomic mass is 10.2. The summed E-state index contributed by atoms with van der Waals surface area (Å²) in [5.41, 5.74) is 0. The number of hydrogen-bond donors (Lipinski definition) is 0. The van der Waals surface area contributed by atoms with Gasteiger partial charge in [0.05, 0.1) is 13.2 Å². The van der Waals surface area contributed by atoms with Gasteiger partial charge in [-0.15, -0.1) is 0 Å². The van der Waals surface area contributed by atoms with E-state index < -0.39 is 11.8 Å². The molecule has 2 rings (SSSR count). The van der Waals surface area contributed by atoms with Gasteiger partial charge in [0.2, 0.25) is 0 Å². The Morgan fingerprint density at radius 3 is 2.56 bits per heavy atom. The average molecular weight is 253 g/mol. The Morgan fingerprint density at radius 2 is 1.94 bits per heavy atom. The zero-order valence-corrected chi connectivity index (χ0v) is 10.3. The molecule has 1 fully saturated rings. The average Bonchev–Trinajstić information content (AvgIpc) is 2.39. The van der Waals surface area contributed by atoms with E-state index in [0.29, 0.717) is 32.1 Å². The summed E-state index contributed by atoms with van der Waals surface area (Å²) in [6, 6.07) is 8.48. The topological polar surface area (TPSA) is 38.8 Å². The molecule has 0 bridgehead atoms. The van der Waals surface area contributed by atoms with Crippen LogP contribution in [0.2, 0.25) is 0 Å². The second-order valence-corrected chi connectivity index (χ2v) is 4.24. The molecule has 1 atom stereocenters. The maximum atomic E-state index is 14.3. The number of amides is 1. The summed E-state index contributed by atoms with van der Waals surface area (Å²) < 4.78 is 24.5. The molecule has 1 unspecified atom stereocenters. The van der Waals surface area contributed by atoms with E-state index >= 15 is 0 Å². The molecule has 1 aliphatic heterocycles. The summed E-state index contributed by atoms with van der Waals surface area (Å²) >= 11 is 0. The maximum absolute atomic E-state index is 14.3. The second-order valence-electron chi connectivity index (χ2n) is 4.24. The van der Waals surface area contributed by atoms with Crippen LogP contribution in [0.5, 0.6) is 5.75 Å². The van der Waals surface area contributed by atoms with Gasteiger partial charge in [0.1, 0.15) is 5.75 Å². The van der Waals surface area contributed by atoms with Gasteiger partial charge in [-0.1, -0.05) is 18.2 Å². The van der Waals surface area contributed by atoms with Crippen LogP contribution in [0.25, 0.3) is 0 Å². The minimum atomic E-state index is -2.35. The molecule has 18 heavy (non-hydrogen) atoms. The zero-order chi connectivity index (χ0) is 13.0. The molecular weight excluding hydrogens is 237 g/mol. The molecule has 5 heteroatoms. The first-order valence-corrected chi connectivity index (χ1v) is 5.90. The Bertz CT molecular complexity index is 402. The molecule has 0 aliphatic carbocycles. The zero-order valence-electron chi connectivity index (χ0n) is 10.3. The third-order valence-corrected chi connectivity index (χ3v) is 2.73. The van der Waals surface area contributed by atoms with Crippen molar-refractivity contribution in [3.8, 4) is 5.75 Å². The highest BCUT2D eigenvalue weighted by Crippen LogP contribution is 2.22. The summed E-state index contributed by atoms with van der Waals surface area (Å²) in [5, 5.41) is 0. The Balaban J connectivity index is 2.03. The second kappa shape index (κ2) is 5.35. The first-order chi connectivity index (χ1) is 8.59. The fourth-order valence-corrected chi connectivity index (χ4v) is 1.80. The number of ether oxygens (including phenoxy) is 2. The molecule has 1 aliphatic rings. The molecule has 1 amide bonds. The molecule has 0 N–H and O–H groups in total. The summed E-state index contributed by atoms with van der Waals surface area (Å²) in [5.74, 6) is -2.67. The predicted molar refractivity (Wildman–Crippen MR) is 64.0 cm³/mol. The van der Waals surface area contributed by atoms with Gasteiger partial charge in [0.15, 0.2) is 0 Å². The highest BCUT2D eigenvalue weighted by Gasteiger charge is 2.39. The summed E-state index contributed by atoms with van der Waals surface area (Å²) in [6.45, 7) is 2.81. The SMILES string of the molecule is CC(F)(Oc1ccccc1)C(=O)N1CCOCC1. The third-order valence-electron chi connectivity index (χ3n) is 2.73. The van der Waals surface area contributed by atoms with Crippen LogP contribution in [0.4, 0.5) is 4.39 Å². The standard InChI is InChI=1S/C13H16FNO3/c1-13(14,18-11-5-3-2-4-6-11)12(16)15-7-9-17-10-8-15/h2-6H,7-10H2,1H3. The van der Waals surface area contributed by atoms with Gasteiger partial charge in [0.25, 0.3) is 5.91 Å². The summed E-state index contributed by atoms with van der Waals surface area (Å²) in [7, 11) is 0. The quantitative estimate of drug-likeness (QED) is 0.821. The van der Waals surface area contributed by atoms with E-state index in [9.17, 15) is 9.18 Å². The van der Waals surface area contributed by atoms with Crippen molar-refractivity contribution in [2.45, 2.75) is 12.8 Å². The molecule has 0 saturated carbocycles. The van der Waals surface area contributed by atoms with Crippen LogP contribution in [0.1, 0.15) is 6.92 Å². The van der Waals surface area contributed by atoms with Crippen molar-refractivity contribution in [2.75, 3.05) is 26.3 Å². The van der Waals surface area contributed by atoms with Gasteiger partial charge < -0.3 is 14.4 Å². The monoisotopic (exact) mass is 253 g/mol. The highest BCUT2D eigenvalue weighted by molar-refractivity contribution is 5.83. The highest BCUT2D eigenvalue weighted by atomic mass is 19.2. The van der Waals surface area contributed by atoms with E-state index in [1.54, 1.807) is 30.3 Å². The number of rotatable bonds is 3. The number of hydrogen-bond acceptors (Lipinski definition) is 3. The Morgan fingerprint density at radius 1 is 1.33 bits per heavy atom. The number of carbonyl (C=O) groups excluding carboxylic acids is 1. The molecular formula is C13H16FNO3. The van der Waals surface area contributed by atoms with E-state index in [1.807, 2.05) is 0 Å². The molecule has 1 saturated heterocycles. The van der Waals surface area contributed by atoms with Crippen LogP contribution in [-0.4, -0.2) is 43.0 Å². The third kappa shape index (κ3) is 2.98. The Kier molecular flexibility index (Phi) is 3.81. The van der Waals surface area contributed by atoms with Gasteiger partial charge in [-0.2, -0.15) is 4.39 Å². The van der Waals surface area contributed by atoms with Gasteiger partial charge in [-0.25, -0.2) is 0 Å². The van der Waals surface area contributed by atoms with E-state index in [1.165, 1.54) is 4.90 Å². The Labute approximate surface area is 105 Å². The Hall–Kier alpha value is -1.62. The van der Waals surface area contributed by atoms with E-state index in [4.69, 9.17) is 9.47 Å². The number of alkyl halides is 1. The summed E-state index contributed by atoms with van der Waals surface area (Å²) in [6.07, 6.45) is 0. The number of morpholine rings is 1. The van der Waals surface area contributed by atoms with E-state index in [-0.39, 0.29) is 0 Å². The molecule has 0 radical (unpaired) electrons. The normalized spacial score (nSPS) is 19.1. The van der Waals surface area contributed by atoms with Crippen molar-refractivity contribution in [3.63, 3.8) is 0 Å². The van der Waals surface area contributed by atoms with Gasteiger partial charge in [-0.05, 0) is 12.1 Å². The molecule has 0 spiro atoms. The fraction of sp³-hybridized carbons (Fsp3) is 0.462. The van der Waals surface area contributed by atoms with Crippen molar-refractivity contribution >= 4 is 5.91 Å². The summed E-state index contributed by atoms with van der Waals surface area (Å²) in [4.78, 5) is 13.4. The van der Waals surface area contributed by atoms with Crippen molar-refractivity contribution < 1.29 is 18.7 Å². The lowest BCUT2D eigenvalue weighted by Gasteiger charge is -2.31. The van der Waals surface area contributed by atoms with Gasteiger partial charge in [0, 0.05) is 20.0 Å². The van der Waals surface area contributed by atoms with Crippen LogP contribution in [-0.2, 0) is 9.53 Å². The van der Waals surface area contributed by atoms with Gasteiger partial charge in [-0.3, -0.25) is 4.79 Å². The lowest BCUT2D eigenvalue weighted by Crippen LogP contribution is -2.51. The van der Waals surface area contributed by atoms with Crippen LogP contribution < -0.4 is 4.74 Å². The predicted octanol–water partition coefficient (Wildman–Crippen LogP) is 1.61. The van der Waals surface area contributed by atoms with Crippen LogP contribution in [0.15, 0.2) is 30.3 Å². The fourth-order valence-electron chi connectivity index (χ4n) is 1.80. The lowest BCUT2D eigenvalue weighted by molar-refractivity contribution is -0.166. The van der Waals surface area contributed by atoms with Crippen molar-refractivity contribution in [2.24, 2.45) is 0 Å². The smallest absolute Gasteiger partial charge is 0.324 e. The number of nitrogens with zero attached hydrogens (tertiary/aromatic N) is 1. The first-order valence-electron chi connectivity index (χ1n) is 5.90. The molecule has 0 aromatic heterocycles. The van der Waals surface area contributed by atoms with Crippen molar-refractivity contribution in [1.29, 1.82) is 0 Å². The largest absolute Gasteiger partial charge is 0.450 e. The first kappa shape index (κ1) is 12.8. The molecule has 1 heterocycles. The van der Waals surface area contributed by atoms with Crippen LogP contribution >= 0.6 is 0 Å². The molecule has 98 valence electrons. The minimum Gasteiger partial charge on any atom is -0.450 e.